The van der Waals surface area contributed by atoms with Crippen molar-refractivity contribution in [1.82, 2.24) is 5.32 Å². The van der Waals surface area contributed by atoms with Crippen LogP contribution < -0.4 is 5.32 Å². The molecule has 0 aromatic heterocycles. The molecular formula is C72H133NO18. The van der Waals surface area contributed by atoms with Crippen LogP contribution in [0.25, 0.3) is 0 Å². The van der Waals surface area contributed by atoms with Gasteiger partial charge in [-0.15, -0.1) is 0 Å². The van der Waals surface area contributed by atoms with Gasteiger partial charge in [0, 0.05) is 6.42 Å². The molecule has 3 rings (SSSR count). The molecule has 3 aliphatic rings. The van der Waals surface area contributed by atoms with E-state index in [-0.39, 0.29) is 18.9 Å². The zero-order chi connectivity index (χ0) is 66.1. The normalized spacial score (nSPS) is 28.0. The third-order valence-electron chi connectivity index (χ3n) is 18.4. The predicted molar refractivity (Wildman–Crippen MR) is 356 cm³/mol. The van der Waals surface area contributed by atoms with Crippen LogP contribution in [0.2, 0.25) is 0 Å². The summed E-state index contributed by atoms with van der Waals surface area (Å²) in [6.45, 7) is 1.73. The molecule has 0 aliphatic carbocycles. The molecular weight excluding hydrogens is 1170 g/mol. The number of carbonyl (C=O) groups is 1. The van der Waals surface area contributed by atoms with Gasteiger partial charge in [-0.05, 0) is 51.4 Å². The van der Waals surface area contributed by atoms with Crippen LogP contribution in [0.5, 0.6) is 0 Å². The van der Waals surface area contributed by atoms with E-state index in [1.165, 1.54) is 186 Å². The van der Waals surface area contributed by atoms with Gasteiger partial charge >= 0.3 is 0 Å². The van der Waals surface area contributed by atoms with Gasteiger partial charge in [0.2, 0.25) is 5.91 Å². The molecule has 3 heterocycles. The molecule has 17 atom stereocenters. The molecule has 534 valence electrons. The summed E-state index contributed by atoms with van der Waals surface area (Å²) in [5.74, 6) is -0.287. The minimum absolute atomic E-state index is 0.228. The van der Waals surface area contributed by atoms with Crippen molar-refractivity contribution in [3.05, 3.63) is 36.5 Å². The molecule has 0 spiro atoms. The fraction of sp³-hybridized carbons (Fsp3) is 0.903. The minimum Gasteiger partial charge on any atom is -0.394 e. The number of unbranched alkanes of at least 4 members (excludes halogenated alkanes) is 37. The molecule has 0 radical (unpaired) electrons. The minimum atomic E-state index is -1.98. The van der Waals surface area contributed by atoms with Gasteiger partial charge in [-0.2, -0.15) is 0 Å². The molecule has 12 N–H and O–H groups in total. The van der Waals surface area contributed by atoms with E-state index < -0.39 is 124 Å². The molecule has 0 saturated carbocycles. The van der Waals surface area contributed by atoms with Crippen molar-refractivity contribution in [2.75, 3.05) is 26.4 Å². The summed E-state index contributed by atoms with van der Waals surface area (Å²) in [6, 6.07) is -0.981. The van der Waals surface area contributed by atoms with Crippen LogP contribution in [0.15, 0.2) is 36.5 Å². The molecule has 19 nitrogen and oxygen atoms in total. The first-order valence-corrected chi connectivity index (χ1v) is 36.7. The number of allylic oxidation sites excluding steroid dienone is 5. The van der Waals surface area contributed by atoms with Crippen molar-refractivity contribution < 1.29 is 89.4 Å². The molecule has 19 heteroatoms. The SMILES string of the molecule is CCCCCC/C=C\C/C=C\CCCCCCCC(=O)NC(COC1OC(CO)C(OC2OC(CO)C(OC3OC(CO)C(O)C(O)C3O)C(O)C2O)C(O)C1O)C(O)/C=C/CCCCCCCCCCCCCCCCCCCCCCCCCCCCCC. The summed E-state index contributed by atoms with van der Waals surface area (Å²) in [7, 11) is 0. The van der Waals surface area contributed by atoms with Crippen molar-refractivity contribution in [1.29, 1.82) is 0 Å². The maximum Gasteiger partial charge on any atom is 0.220 e. The monoisotopic (exact) mass is 1300 g/mol. The zero-order valence-electron chi connectivity index (χ0n) is 56.6. The van der Waals surface area contributed by atoms with Crippen LogP contribution in [0.1, 0.15) is 284 Å². The van der Waals surface area contributed by atoms with E-state index in [1.807, 2.05) is 6.08 Å². The van der Waals surface area contributed by atoms with Crippen LogP contribution in [0, 0.1) is 0 Å². The average molecular weight is 1300 g/mol. The first-order chi connectivity index (χ1) is 44.3. The lowest BCUT2D eigenvalue weighted by atomic mass is 9.96. The third-order valence-corrected chi connectivity index (χ3v) is 18.4. The van der Waals surface area contributed by atoms with Gasteiger partial charge < -0.3 is 89.9 Å². The summed E-state index contributed by atoms with van der Waals surface area (Å²) in [4.78, 5) is 13.4. The number of ether oxygens (including phenoxy) is 6. The molecule has 0 aromatic carbocycles. The second-order valence-electron chi connectivity index (χ2n) is 26.4. The highest BCUT2D eigenvalue weighted by molar-refractivity contribution is 5.76. The van der Waals surface area contributed by atoms with Crippen LogP contribution in [-0.4, -0.2) is 193 Å². The first-order valence-electron chi connectivity index (χ1n) is 36.7. The number of amides is 1. The lowest BCUT2D eigenvalue weighted by molar-refractivity contribution is -0.379. The Morgan fingerprint density at radius 2 is 0.725 bits per heavy atom. The number of hydrogen-bond donors (Lipinski definition) is 12. The molecule has 3 saturated heterocycles. The van der Waals surface area contributed by atoms with E-state index in [1.54, 1.807) is 6.08 Å². The van der Waals surface area contributed by atoms with E-state index in [0.29, 0.717) is 6.42 Å². The van der Waals surface area contributed by atoms with E-state index in [2.05, 4.69) is 43.5 Å². The largest absolute Gasteiger partial charge is 0.394 e. The zero-order valence-corrected chi connectivity index (χ0v) is 56.6. The quantitative estimate of drug-likeness (QED) is 0.0199. The number of rotatable bonds is 57. The predicted octanol–water partition coefficient (Wildman–Crippen LogP) is 10.4. The fourth-order valence-electron chi connectivity index (χ4n) is 12.5. The molecule has 3 aliphatic heterocycles. The van der Waals surface area contributed by atoms with Gasteiger partial charge in [-0.25, -0.2) is 0 Å². The standard InChI is InChI=1S/C72H133NO18/c1-3-5-7-9-11-13-15-17-19-21-22-23-24-25-26-27-28-29-30-31-32-33-34-35-37-39-41-43-45-47-49-56(77)55(73-60(78)50-48-46-44-42-40-38-36-20-18-16-14-12-10-8-6-4-2)54-86-70-66(84)63(81)68(58(52-75)88-70)91-72-67(85)64(82)69(59(53-76)89-72)90-71-65(83)62(80)61(79)57(51-74)87-71/h14,16,20,36,47,49,55-59,61-72,74-77,79-85H,3-13,15,17-19,21-35,37-46,48,50-54H2,1-2H3,(H,73,78)/b16-14-,36-20-,49-47+. The van der Waals surface area contributed by atoms with E-state index in [4.69, 9.17) is 28.4 Å². The van der Waals surface area contributed by atoms with Gasteiger partial charge in [0.25, 0.3) is 0 Å². The second kappa shape index (κ2) is 54.1. The number of nitrogens with one attached hydrogen (secondary N) is 1. The number of carbonyl (C=O) groups excluding carboxylic acids is 1. The van der Waals surface area contributed by atoms with Crippen molar-refractivity contribution in [3.63, 3.8) is 0 Å². The third kappa shape index (κ3) is 35.7. The molecule has 1 amide bonds. The van der Waals surface area contributed by atoms with Gasteiger partial charge in [0.15, 0.2) is 18.9 Å². The highest BCUT2D eigenvalue weighted by Gasteiger charge is 2.53. The van der Waals surface area contributed by atoms with Crippen LogP contribution >= 0.6 is 0 Å². The van der Waals surface area contributed by atoms with Gasteiger partial charge in [0.05, 0.1) is 38.6 Å². The van der Waals surface area contributed by atoms with Crippen LogP contribution in [0.4, 0.5) is 0 Å². The van der Waals surface area contributed by atoms with Gasteiger partial charge in [-0.1, -0.05) is 262 Å². The summed E-state index contributed by atoms with van der Waals surface area (Å²) in [6.07, 6.45) is 37.1. The van der Waals surface area contributed by atoms with Gasteiger partial charge in [0.1, 0.15) is 73.2 Å². The Balaban J connectivity index is 1.40. The van der Waals surface area contributed by atoms with E-state index in [9.17, 15) is 61.0 Å². The summed E-state index contributed by atoms with van der Waals surface area (Å²) >= 11 is 0. The van der Waals surface area contributed by atoms with Gasteiger partial charge in [-0.3, -0.25) is 4.79 Å². The number of aliphatic hydroxyl groups is 11. The number of hydrogen-bond acceptors (Lipinski definition) is 18. The highest BCUT2D eigenvalue weighted by Crippen LogP contribution is 2.33. The molecule has 17 unspecified atom stereocenters. The van der Waals surface area contributed by atoms with E-state index >= 15 is 0 Å². The second-order valence-corrected chi connectivity index (χ2v) is 26.4. The van der Waals surface area contributed by atoms with E-state index in [0.717, 1.165) is 70.6 Å². The molecule has 0 bridgehead atoms. The first kappa shape index (κ1) is 83.2. The highest BCUT2D eigenvalue weighted by atomic mass is 16.8. The summed E-state index contributed by atoms with van der Waals surface area (Å²) in [5.41, 5.74) is 0. The molecule has 3 fully saturated rings. The maximum atomic E-state index is 13.4. The molecule has 0 aromatic rings. The maximum absolute atomic E-state index is 13.4. The topological polar surface area (TPSA) is 307 Å². The van der Waals surface area contributed by atoms with Crippen molar-refractivity contribution in [2.24, 2.45) is 0 Å². The Morgan fingerprint density at radius 3 is 1.13 bits per heavy atom. The average Bonchev–Trinajstić information content (AvgIpc) is 0.851. The lowest BCUT2D eigenvalue weighted by Gasteiger charge is -2.48. The van der Waals surface area contributed by atoms with Crippen LogP contribution in [-0.2, 0) is 33.2 Å². The Hall–Kier alpha value is -1.99. The smallest absolute Gasteiger partial charge is 0.220 e. The Morgan fingerprint density at radius 1 is 0.396 bits per heavy atom. The number of aliphatic hydroxyl groups excluding tert-OH is 11. The lowest BCUT2D eigenvalue weighted by Crippen LogP contribution is -2.66. The summed E-state index contributed by atoms with van der Waals surface area (Å²) < 4.78 is 34.4. The fourth-order valence-corrected chi connectivity index (χ4v) is 12.5. The Kier molecular flexibility index (Phi) is 49.5. The summed E-state index contributed by atoms with van der Waals surface area (Å²) in [5, 5.41) is 121. The van der Waals surface area contributed by atoms with Crippen molar-refractivity contribution >= 4 is 5.91 Å². The Bertz CT molecular complexity index is 1790. The van der Waals surface area contributed by atoms with Crippen molar-refractivity contribution in [2.45, 2.75) is 388 Å². The Labute approximate surface area is 549 Å². The van der Waals surface area contributed by atoms with Crippen molar-refractivity contribution in [3.8, 4) is 0 Å². The van der Waals surface area contributed by atoms with Crippen LogP contribution in [0.3, 0.4) is 0 Å². The molecule has 91 heavy (non-hydrogen) atoms.